The van der Waals surface area contributed by atoms with Crippen molar-refractivity contribution in [2.45, 2.75) is 39.3 Å². The van der Waals surface area contributed by atoms with Crippen LogP contribution in [0.5, 0.6) is 0 Å². The minimum Gasteiger partial charge on any atom is -0.363 e. The quantitative estimate of drug-likeness (QED) is 0.760. The van der Waals surface area contributed by atoms with Gasteiger partial charge >= 0.3 is 0 Å². The zero-order chi connectivity index (χ0) is 11.8. The molecule has 16 heavy (non-hydrogen) atoms. The molecule has 0 aromatic carbocycles. The van der Waals surface area contributed by atoms with Gasteiger partial charge in [-0.2, -0.15) is 4.98 Å². The minimum absolute atomic E-state index is 0.468. The van der Waals surface area contributed by atoms with Gasteiger partial charge in [0.15, 0.2) is 11.4 Å². The second-order valence-corrected chi connectivity index (χ2v) is 4.79. The summed E-state index contributed by atoms with van der Waals surface area (Å²) >= 11 is 0. The zero-order valence-electron chi connectivity index (χ0n) is 10.4. The lowest BCUT2D eigenvalue weighted by molar-refractivity contribution is -0.125. The number of hydrogen-bond acceptors (Lipinski definition) is 5. The first-order valence-corrected chi connectivity index (χ1v) is 5.70. The largest absolute Gasteiger partial charge is 0.363 e. The molecule has 1 aliphatic rings. The lowest BCUT2D eigenvalue weighted by Crippen LogP contribution is -2.50. The third-order valence-corrected chi connectivity index (χ3v) is 3.01. The highest BCUT2D eigenvalue weighted by molar-refractivity contribution is 5.00. The van der Waals surface area contributed by atoms with Crippen LogP contribution in [0.1, 0.15) is 32.5 Å². The fraction of sp³-hybridized carbons (Fsp3) is 0.818. The maximum absolute atomic E-state index is 5.81. The van der Waals surface area contributed by atoms with Crippen LogP contribution in [0.2, 0.25) is 0 Å². The highest BCUT2D eigenvalue weighted by Gasteiger charge is 2.39. The Labute approximate surface area is 95.8 Å². The molecule has 0 N–H and O–H groups in total. The maximum atomic E-state index is 5.81. The fourth-order valence-corrected chi connectivity index (χ4v) is 1.98. The summed E-state index contributed by atoms with van der Waals surface area (Å²) in [6.07, 6.45) is 0. The van der Waals surface area contributed by atoms with Crippen molar-refractivity contribution >= 4 is 0 Å². The van der Waals surface area contributed by atoms with E-state index in [1.54, 1.807) is 0 Å². The Bertz CT molecular complexity index is 364. The van der Waals surface area contributed by atoms with Crippen LogP contribution in [0.4, 0.5) is 0 Å². The van der Waals surface area contributed by atoms with Crippen LogP contribution in [-0.2, 0) is 10.3 Å². The van der Waals surface area contributed by atoms with Crippen molar-refractivity contribution < 1.29 is 9.26 Å². The van der Waals surface area contributed by atoms with Crippen molar-refractivity contribution in [1.29, 1.82) is 0 Å². The van der Waals surface area contributed by atoms with E-state index in [4.69, 9.17) is 9.26 Å². The molecule has 0 spiro atoms. The standard InChI is InChI=1S/C11H19N3O2/c1-8(2)14-5-6-15-11(4,7-14)10-12-9(3)13-16-10/h8H,5-7H2,1-4H3. The van der Waals surface area contributed by atoms with Crippen molar-refractivity contribution in [3.8, 4) is 0 Å². The lowest BCUT2D eigenvalue weighted by Gasteiger charge is -2.40. The Hall–Kier alpha value is -0.940. The molecule has 1 aliphatic heterocycles. The highest BCUT2D eigenvalue weighted by Crippen LogP contribution is 2.28. The Morgan fingerprint density at radius 3 is 2.75 bits per heavy atom. The Morgan fingerprint density at radius 1 is 1.44 bits per heavy atom. The molecule has 0 bridgehead atoms. The lowest BCUT2D eigenvalue weighted by atomic mass is 10.0. The molecule has 1 aromatic heterocycles. The third-order valence-electron chi connectivity index (χ3n) is 3.01. The molecule has 2 heterocycles. The molecular formula is C11H19N3O2. The molecule has 2 rings (SSSR count). The van der Waals surface area contributed by atoms with E-state index in [0.717, 1.165) is 13.1 Å². The van der Waals surface area contributed by atoms with Gasteiger partial charge in [0.1, 0.15) is 0 Å². The number of ether oxygens (including phenoxy) is 1. The summed E-state index contributed by atoms with van der Waals surface area (Å²) in [6, 6.07) is 0.507. The Balaban J connectivity index is 2.18. The normalized spacial score (nSPS) is 27.6. The smallest absolute Gasteiger partial charge is 0.259 e. The average Bonchev–Trinajstić information content (AvgIpc) is 2.65. The van der Waals surface area contributed by atoms with Crippen LogP contribution in [0.15, 0.2) is 4.52 Å². The van der Waals surface area contributed by atoms with Gasteiger partial charge in [-0.05, 0) is 27.7 Å². The van der Waals surface area contributed by atoms with Gasteiger partial charge in [-0.1, -0.05) is 5.16 Å². The van der Waals surface area contributed by atoms with Crippen LogP contribution in [0.3, 0.4) is 0 Å². The number of nitrogens with zero attached hydrogens (tertiary/aromatic N) is 3. The van der Waals surface area contributed by atoms with E-state index in [-0.39, 0.29) is 0 Å². The number of hydrogen-bond donors (Lipinski definition) is 0. The molecular weight excluding hydrogens is 206 g/mol. The van der Waals surface area contributed by atoms with E-state index < -0.39 is 5.60 Å². The zero-order valence-corrected chi connectivity index (χ0v) is 10.4. The predicted octanol–water partition coefficient (Wildman–Crippen LogP) is 1.33. The van der Waals surface area contributed by atoms with Gasteiger partial charge in [-0.25, -0.2) is 0 Å². The molecule has 1 saturated heterocycles. The molecule has 1 fully saturated rings. The van der Waals surface area contributed by atoms with Crippen molar-refractivity contribution in [2.24, 2.45) is 0 Å². The van der Waals surface area contributed by atoms with E-state index in [1.165, 1.54) is 0 Å². The van der Waals surface area contributed by atoms with Gasteiger partial charge in [0.2, 0.25) is 0 Å². The van der Waals surface area contributed by atoms with Crippen LogP contribution < -0.4 is 0 Å². The number of aromatic nitrogens is 2. The molecule has 1 atom stereocenters. The molecule has 90 valence electrons. The predicted molar refractivity (Wildman–Crippen MR) is 59.0 cm³/mol. The maximum Gasteiger partial charge on any atom is 0.259 e. The van der Waals surface area contributed by atoms with Crippen LogP contribution in [0.25, 0.3) is 0 Å². The molecule has 0 aliphatic carbocycles. The van der Waals surface area contributed by atoms with Gasteiger partial charge in [-0.15, -0.1) is 0 Å². The molecule has 0 saturated carbocycles. The summed E-state index contributed by atoms with van der Waals surface area (Å²) in [6.45, 7) is 10.7. The van der Waals surface area contributed by atoms with Crippen molar-refractivity contribution in [1.82, 2.24) is 15.0 Å². The van der Waals surface area contributed by atoms with Gasteiger partial charge in [-0.3, -0.25) is 4.90 Å². The van der Waals surface area contributed by atoms with Crippen LogP contribution >= 0.6 is 0 Å². The molecule has 1 unspecified atom stereocenters. The van der Waals surface area contributed by atoms with Crippen LogP contribution in [0, 0.1) is 6.92 Å². The minimum atomic E-state index is -0.468. The second-order valence-electron chi connectivity index (χ2n) is 4.79. The van der Waals surface area contributed by atoms with Crippen molar-refractivity contribution in [3.63, 3.8) is 0 Å². The first kappa shape index (κ1) is 11.5. The summed E-state index contributed by atoms with van der Waals surface area (Å²) in [4.78, 5) is 6.63. The van der Waals surface area contributed by atoms with Gasteiger partial charge in [0.05, 0.1) is 6.61 Å². The van der Waals surface area contributed by atoms with Crippen LogP contribution in [-0.4, -0.2) is 40.8 Å². The molecule has 5 heteroatoms. The topological polar surface area (TPSA) is 51.4 Å². The van der Waals surface area contributed by atoms with E-state index in [0.29, 0.717) is 24.4 Å². The fourth-order valence-electron chi connectivity index (χ4n) is 1.98. The first-order chi connectivity index (χ1) is 7.51. The average molecular weight is 225 g/mol. The van der Waals surface area contributed by atoms with Gasteiger partial charge in [0.25, 0.3) is 5.89 Å². The highest BCUT2D eigenvalue weighted by atomic mass is 16.5. The number of morpholine rings is 1. The Morgan fingerprint density at radius 2 is 2.19 bits per heavy atom. The van der Waals surface area contributed by atoms with E-state index in [2.05, 4.69) is 28.9 Å². The second kappa shape index (κ2) is 4.14. The Kier molecular flexibility index (Phi) is 2.99. The number of aryl methyl sites for hydroxylation is 1. The van der Waals surface area contributed by atoms with E-state index >= 15 is 0 Å². The monoisotopic (exact) mass is 225 g/mol. The molecule has 5 nitrogen and oxygen atoms in total. The van der Waals surface area contributed by atoms with E-state index in [1.807, 2.05) is 13.8 Å². The molecule has 1 aromatic rings. The van der Waals surface area contributed by atoms with Gasteiger partial charge < -0.3 is 9.26 Å². The summed E-state index contributed by atoms with van der Waals surface area (Å²) < 4.78 is 11.0. The van der Waals surface area contributed by atoms with Crippen molar-refractivity contribution in [3.05, 3.63) is 11.7 Å². The summed E-state index contributed by atoms with van der Waals surface area (Å²) in [5.74, 6) is 1.23. The number of rotatable bonds is 2. The summed E-state index contributed by atoms with van der Waals surface area (Å²) in [7, 11) is 0. The third kappa shape index (κ3) is 2.10. The summed E-state index contributed by atoms with van der Waals surface area (Å²) in [5.41, 5.74) is -0.468. The van der Waals surface area contributed by atoms with E-state index in [9.17, 15) is 0 Å². The van der Waals surface area contributed by atoms with Crippen molar-refractivity contribution in [2.75, 3.05) is 19.7 Å². The SMILES string of the molecule is Cc1noc(C2(C)CN(C(C)C)CCO2)n1. The van der Waals surface area contributed by atoms with Gasteiger partial charge in [0, 0.05) is 19.1 Å². The summed E-state index contributed by atoms with van der Waals surface area (Å²) in [5, 5.41) is 3.82. The molecule has 0 radical (unpaired) electrons. The first-order valence-electron chi connectivity index (χ1n) is 5.70. The molecule has 0 amide bonds.